The van der Waals surface area contributed by atoms with E-state index in [9.17, 15) is 14.9 Å². The van der Waals surface area contributed by atoms with Gasteiger partial charge in [0, 0.05) is 36.2 Å². The number of benzene rings is 2. The van der Waals surface area contributed by atoms with Crippen LogP contribution in [0.25, 0.3) is 10.9 Å². The first-order valence-electron chi connectivity index (χ1n) is 7.18. The molecular weight excluding hydrogens is 308 g/mol. The van der Waals surface area contributed by atoms with Gasteiger partial charge in [-0.1, -0.05) is 30.3 Å². The fourth-order valence-electron chi connectivity index (χ4n) is 2.40. The van der Waals surface area contributed by atoms with E-state index < -0.39 is 4.92 Å². The molecule has 3 aromatic rings. The van der Waals surface area contributed by atoms with E-state index in [1.165, 1.54) is 24.4 Å². The molecule has 1 N–H and O–H groups in total. The first-order chi connectivity index (χ1) is 11.6. The Bertz CT molecular complexity index is 1010. The van der Waals surface area contributed by atoms with Crippen LogP contribution in [-0.2, 0) is 7.05 Å². The molecule has 0 radical (unpaired) electrons. The summed E-state index contributed by atoms with van der Waals surface area (Å²) < 4.78 is 1.56. The number of nitro benzene ring substituents is 1. The highest BCUT2D eigenvalue weighted by molar-refractivity contribution is 5.92. The van der Waals surface area contributed by atoms with Crippen molar-refractivity contribution in [1.82, 2.24) is 4.57 Å². The first-order valence-corrected chi connectivity index (χ1v) is 7.18. The predicted molar refractivity (Wildman–Crippen MR) is 93.5 cm³/mol. The molecule has 0 aliphatic rings. The van der Waals surface area contributed by atoms with Crippen molar-refractivity contribution in [2.75, 3.05) is 5.43 Å². The van der Waals surface area contributed by atoms with Gasteiger partial charge in [-0.15, -0.1) is 0 Å². The standard InChI is InChI=1S/C17H14N4O3/c1-20-16-8-3-2-7-14(16)15(10-17(20)22)19-18-11-12-5-4-6-13(9-12)21(23)24/h2-11,19H,1H3/b18-11-. The number of para-hydroxylation sites is 1. The number of nitrogens with one attached hydrogen (secondary N) is 1. The topological polar surface area (TPSA) is 89.5 Å². The van der Waals surface area contributed by atoms with Crippen LogP contribution >= 0.6 is 0 Å². The van der Waals surface area contributed by atoms with Gasteiger partial charge < -0.3 is 4.57 Å². The van der Waals surface area contributed by atoms with Gasteiger partial charge in [-0.25, -0.2) is 0 Å². The summed E-state index contributed by atoms with van der Waals surface area (Å²) in [6, 6.07) is 15.1. The number of hydrazone groups is 1. The fraction of sp³-hybridized carbons (Fsp3) is 0.0588. The molecule has 0 aliphatic heterocycles. The Balaban J connectivity index is 1.91. The van der Waals surface area contributed by atoms with E-state index in [0.717, 1.165) is 10.9 Å². The number of pyridine rings is 1. The normalized spacial score (nSPS) is 11.0. The number of aryl methyl sites for hydroxylation is 1. The van der Waals surface area contributed by atoms with E-state index in [1.807, 2.05) is 24.3 Å². The van der Waals surface area contributed by atoms with Crippen molar-refractivity contribution in [2.45, 2.75) is 0 Å². The van der Waals surface area contributed by atoms with Crippen LogP contribution in [0.15, 0.2) is 64.5 Å². The molecule has 0 unspecified atom stereocenters. The van der Waals surface area contributed by atoms with Gasteiger partial charge in [0.05, 0.1) is 22.3 Å². The number of hydrogen-bond donors (Lipinski definition) is 1. The van der Waals surface area contributed by atoms with Crippen molar-refractivity contribution >= 4 is 28.5 Å². The third kappa shape index (κ3) is 3.00. The summed E-state index contributed by atoms with van der Waals surface area (Å²) in [5.74, 6) is 0. The number of anilines is 1. The quantitative estimate of drug-likeness (QED) is 0.454. The molecule has 0 saturated heterocycles. The van der Waals surface area contributed by atoms with E-state index in [0.29, 0.717) is 11.3 Å². The Morgan fingerprint density at radius 3 is 2.75 bits per heavy atom. The summed E-state index contributed by atoms with van der Waals surface area (Å²) >= 11 is 0. The maximum absolute atomic E-state index is 12.0. The fourth-order valence-corrected chi connectivity index (χ4v) is 2.40. The number of aromatic nitrogens is 1. The Hall–Kier alpha value is -3.48. The van der Waals surface area contributed by atoms with E-state index in [4.69, 9.17) is 0 Å². The Kier molecular flexibility index (Phi) is 4.07. The molecule has 0 bridgehead atoms. The van der Waals surface area contributed by atoms with Gasteiger partial charge in [-0.2, -0.15) is 5.10 Å². The number of non-ortho nitro benzene ring substituents is 1. The number of nitro groups is 1. The molecule has 24 heavy (non-hydrogen) atoms. The van der Waals surface area contributed by atoms with Crippen LogP contribution in [0.2, 0.25) is 0 Å². The average molecular weight is 322 g/mol. The maximum Gasteiger partial charge on any atom is 0.270 e. The summed E-state index contributed by atoms with van der Waals surface area (Å²) in [4.78, 5) is 22.3. The van der Waals surface area contributed by atoms with Crippen molar-refractivity contribution in [1.29, 1.82) is 0 Å². The average Bonchev–Trinajstić information content (AvgIpc) is 2.59. The zero-order valence-electron chi connectivity index (χ0n) is 12.8. The molecule has 0 saturated carbocycles. The van der Waals surface area contributed by atoms with E-state index in [-0.39, 0.29) is 11.2 Å². The van der Waals surface area contributed by atoms with Gasteiger partial charge in [0.25, 0.3) is 11.2 Å². The molecule has 1 heterocycles. The lowest BCUT2D eigenvalue weighted by Gasteiger charge is -2.09. The van der Waals surface area contributed by atoms with Gasteiger partial charge in [0.2, 0.25) is 0 Å². The monoisotopic (exact) mass is 322 g/mol. The zero-order valence-corrected chi connectivity index (χ0v) is 12.8. The third-order valence-electron chi connectivity index (χ3n) is 3.63. The Labute approximate surface area is 137 Å². The predicted octanol–water partition coefficient (Wildman–Crippen LogP) is 2.89. The van der Waals surface area contributed by atoms with Gasteiger partial charge in [-0.05, 0) is 6.07 Å². The number of fused-ring (bicyclic) bond motifs is 1. The van der Waals surface area contributed by atoms with Crippen LogP contribution in [0, 0.1) is 10.1 Å². The zero-order chi connectivity index (χ0) is 17.1. The summed E-state index contributed by atoms with van der Waals surface area (Å²) in [5, 5.41) is 15.7. The molecule has 3 rings (SSSR count). The van der Waals surface area contributed by atoms with Crippen molar-refractivity contribution in [2.24, 2.45) is 12.1 Å². The van der Waals surface area contributed by atoms with Gasteiger partial charge in [0.1, 0.15) is 0 Å². The van der Waals surface area contributed by atoms with Crippen LogP contribution < -0.4 is 11.0 Å². The lowest BCUT2D eigenvalue weighted by Crippen LogP contribution is -2.16. The molecule has 0 fully saturated rings. The van der Waals surface area contributed by atoms with E-state index in [2.05, 4.69) is 10.5 Å². The second kappa shape index (κ2) is 6.33. The maximum atomic E-state index is 12.0. The van der Waals surface area contributed by atoms with Crippen molar-refractivity contribution < 1.29 is 4.92 Å². The van der Waals surface area contributed by atoms with Crippen molar-refractivity contribution in [3.63, 3.8) is 0 Å². The minimum atomic E-state index is -0.459. The molecule has 0 atom stereocenters. The van der Waals surface area contributed by atoms with Crippen LogP contribution in [-0.4, -0.2) is 15.7 Å². The van der Waals surface area contributed by atoms with Gasteiger partial charge in [0.15, 0.2) is 0 Å². The minimum absolute atomic E-state index is 0.00187. The second-order valence-corrected chi connectivity index (χ2v) is 5.19. The Morgan fingerprint density at radius 1 is 1.17 bits per heavy atom. The summed E-state index contributed by atoms with van der Waals surface area (Å²) in [6.07, 6.45) is 1.47. The largest absolute Gasteiger partial charge is 0.311 e. The first kappa shape index (κ1) is 15.4. The number of rotatable bonds is 4. The van der Waals surface area contributed by atoms with Gasteiger partial charge >= 0.3 is 0 Å². The highest BCUT2D eigenvalue weighted by Gasteiger charge is 2.06. The van der Waals surface area contributed by atoms with Crippen molar-refractivity contribution in [3.05, 3.63) is 80.6 Å². The summed E-state index contributed by atoms with van der Waals surface area (Å²) in [5.41, 5.74) is 4.64. The summed E-state index contributed by atoms with van der Waals surface area (Å²) in [6.45, 7) is 0. The second-order valence-electron chi connectivity index (χ2n) is 5.19. The lowest BCUT2D eigenvalue weighted by molar-refractivity contribution is -0.384. The molecular formula is C17H14N4O3. The highest BCUT2D eigenvalue weighted by Crippen LogP contribution is 2.20. The summed E-state index contributed by atoms with van der Waals surface area (Å²) in [7, 11) is 1.71. The third-order valence-corrected chi connectivity index (χ3v) is 3.63. The SMILES string of the molecule is Cn1c(=O)cc(N/N=C\c2cccc([N+](=O)[O-])c2)c2ccccc21. The molecule has 120 valence electrons. The molecule has 1 aromatic heterocycles. The molecule has 2 aromatic carbocycles. The van der Waals surface area contributed by atoms with Crippen LogP contribution in [0.3, 0.4) is 0 Å². The van der Waals surface area contributed by atoms with Crippen LogP contribution in [0.4, 0.5) is 11.4 Å². The number of nitrogens with zero attached hydrogens (tertiary/aromatic N) is 3. The molecule has 7 heteroatoms. The number of hydrogen-bond acceptors (Lipinski definition) is 5. The highest BCUT2D eigenvalue weighted by atomic mass is 16.6. The van der Waals surface area contributed by atoms with Gasteiger partial charge in [-0.3, -0.25) is 20.3 Å². The Morgan fingerprint density at radius 2 is 1.96 bits per heavy atom. The minimum Gasteiger partial charge on any atom is -0.311 e. The molecule has 0 amide bonds. The van der Waals surface area contributed by atoms with Crippen LogP contribution in [0.1, 0.15) is 5.56 Å². The van der Waals surface area contributed by atoms with E-state index >= 15 is 0 Å². The van der Waals surface area contributed by atoms with E-state index in [1.54, 1.807) is 23.7 Å². The van der Waals surface area contributed by atoms with Crippen LogP contribution in [0.5, 0.6) is 0 Å². The molecule has 7 nitrogen and oxygen atoms in total. The molecule has 0 aliphatic carbocycles. The lowest BCUT2D eigenvalue weighted by atomic mass is 10.2. The smallest absolute Gasteiger partial charge is 0.270 e. The molecule has 0 spiro atoms. The van der Waals surface area contributed by atoms with Crippen molar-refractivity contribution in [3.8, 4) is 0 Å².